The number of carbonyl (C=O) groups is 4. The Morgan fingerprint density at radius 2 is 0.975 bits per heavy atom. The van der Waals surface area contributed by atoms with Crippen LogP contribution in [0.4, 0.5) is 0 Å². The highest BCUT2D eigenvalue weighted by molar-refractivity contribution is 6.00. The molecular weight excluding hydrogens is 504 g/mol. The van der Waals surface area contributed by atoms with Gasteiger partial charge in [-0.05, 0) is 89.1 Å². The molecule has 5 rings (SSSR count). The molecule has 8 bridgehead atoms. The second-order valence-corrected chi connectivity index (χ2v) is 10.9. The molecule has 0 saturated carbocycles. The minimum Gasteiger partial charge on any atom is -0.465 e. The molecule has 6 heteroatoms. The van der Waals surface area contributed by atoms with Crippen LogP contribution in [-0.2, 0) is 70.4 Å². The van der Waals surface area contributed by atoms with Crippen molar-refractivity contribution in [2.45, 2.75) is 64.2 Å². The smallest absolute Gasteiger partial charge is 0.338 e. The van der Waals surface area contributed by atoms with Gasteiger partial charge in [0, 0.05) is 25.7 Å². The van der Waals surface area contributed by atoms with Crippen molar-refractivity contribution in [1.29, 1.82) is 0 Å². The lowest BCUT2D eigenvalue weighted by Crippen LogP contribution is -2.19. The summed E-state index contributed by atoms with van der Waals surface area (Å²) >= 11 is 0. The molecule has 3 aromatic carbocycles. The minimum atomic E-state index is -0.643. The zero-order chi connectivity index (χ0) is 28.2. The third-order valence-corrected chi connectivity index (χ3v) is 8.03. The number of esters is 2. The molecule has 0 saturated heterocycles. The fourth-order valence-corrected chi connectivity index (χ4v) is 6.06. The first-order valence-corrected chi connectivity index (χ1v) is 13.9. The lowest BCUT2D eigenvalue weighted by atomic mass is 9.85. The van der Waals surface area contributed by atoms with Crippen LogP contribution in [0.2, 0.25) is 0 Å². The molecule has 2 aliphatic carbocycles. The Balaban J connectivity index is 1.56. The van der Waals surface area contributed by atoms with Gasteiger partial charge in [0.2, 0.25) is 0 Å². The maximum absolute atomic E-state index is 13.5. The van der Waals surface area contributed by atoms with Crippen molar-refractivity contribution >= 4 is 23.5 Å². The number of ether oxygens (including phenoxy) is 2. The number of carbonyl (C=O) groups excluding carboxylic acids is 4. The highest BCUT2D eigenvalue weighted by Gasteiger charge is 2.25. The van der Waals surface area contributed by atoms with Gasteiger partial charge in [-0.25, -0.2) is 9.59 Å². The number of hydrogen-bond donors (Lipinski definition) is 0. The van der Waals surface area contributed by atoms with Gasteiger partial charge in [-0.3, -0.25) is 9.59 Å². The summed E-state index contributed by atoms with van der Waals surface area (Å²) in [5.41, 5.74) is 8.06. The Kier molecular flexibility index (Phi) is 8.24. The van der Waals surface area contributed by atoms with Crippen molar-refractivity contribution < 1.29 is 28.7 Å². The largest absolute Gasteiger partial charge is 0.465 e. The van der Waals surface area contributed by atoms with Crippen LogP contribution in [0, 0.1) is 0 Å². The van der Waals surface area contributed by atoms with E-state index in [0.717, 1.165) is 60.8 Å². The van der Waals surface area contributed by atoms with Crippen molar-refractivity contribution in [2.75, 3.05) is 14.2 Å². The van der Waals surface area contributed by atoms with Crippen molar-refractivity contribution in [3.8, 4) is 0 Å². The lowest BCUT2D eigenvalue weighted by molar-refractivity contribution is -0.118. The Labute approximate surface area is 234 Å². The van der Waals surface area contributed by atoms with Gasteiger partial charge < -0.3 is 9.47 Å². The highest BCUT2D eigenvalue weighted by atomic mass is 16.5. The second-order valence-electron chi connectivity index (χ2n) is 10.9. The summed E-state index contributed by atoms with van der Waals surface area (Å²) in [4.78, 5) is 52.2. The van der Waals surface area contributed by atoms with E-state index in [0.29, 0.717) is 11.1 Å². The van der Waals surface area contributed by atoms with Crippen LogP contribution in [0.3, 0.4) is 0 Å². The summed E-state index contributed by atoms with van der Waals surface area (Å²) in [6.45, 7) is 0. The van der Waals surface area contributed by atoms with Crippen LogP contribution in [-0.4, -0.2) is 37.7 Å². The fourth-order valence-electron chi connectivity index (χ4n) is 6.06. The van der Waals surface area contributed by atoms with Gasteiger partial charge in [0.25, 0.3) is 0 Å². The maximum Gasteiger partial charge on any atom is 0.338 e. The highest BCUT2D eigenvalue weighted by Crippen LogP contribution is 2.27. The minimum absolute atomic E-state index is 0.00358. The van der Waals surface area contributed by atoms with E-state index in [1.54, 1.807) is 6.07 Å². The number of benzene rings is 3. The number of ketones is 2. The molecule has 0 N–H and O–H groups in total. The number of aryl methyl sites for hydroxylation is 4. The SMILES string of the molecule is COC(=O)c1cc(C(=O)OC)c2cc1CC(=O)Cc1cc(c3cc1CCCc1cccc(c1)CCC3)CC(=O)C2. The third-order valence-electron chi connectivity index (χ3n) is 8.03. The predicted molar refractivity (Wildman–Crippen MR) is 151 cm³/mol. The van der Waals surface area contributed by atoms with Crippen molar-refractivity contribution in [3.05, 3.63) is 104 Å². The zero-order valence-electron chi connectivity index (χ0n) is 23.1. The number of rotatable bonds is 2. The number of Topliss-reactive ketones (excluding diaryl/α,β-unsaturated/α-hetero) is 2. The Morgan fingerprint density at radius 1 is 0.550 bits per heavy atom. The van der Waals surface area contributed by atoms with E-state index in [4.69, 9.17) is 9.47 Å². The molecule has 2 aliphatic rings. The summed E-state index contributed by atoms with van der Waals surface area (Å²) in [6.07, 6.45) is 5.97. The first kappa shape index (κ1) is 27.5. The summed E-state index contributed by atoms with van der Waals surface area (Å²) in [5.74, 6) is -1.36. The van der Waals surface area contributed by atoms with Crippen LogP contribution in [0.5, 0.6) is 0 Å². The summed E-state index contributed by atoms with van der Waals surface area (Å²) in [7, 11) is 2.51. The standard InChI is InChI=1S/C34H34O6/c1-39-33(37)31-20-32(34(38)40-2)28-15-27(31)18-29(35)16-25-14-26(17-30(36)19-28)24-11-5-9-22-7-3-6-21(12-22)8-4-10-23(25)13-24/h3,6-7,12-15,20H,4-5,8-11,16-19H2,1-2H3. The molecule has 6 nitrogen and oxygen atoms in total. The van der Waals surface area contributed by atoms with Crippen molar-refractivity contribution in [2.24, 2.45) is 0 Å². The zero-order valence-corrected chi connectivity index (χ0v) is 23.1. The molecule has 3 aromatic rings. The number of hydrogen-bond acceptors (Lipinski definition) is 6. The molecule has 0 aromatic heterocycles. The summed E-state index contributed by atoms with van der Waals surface area (Å²) in [5, 5.41) is 0. The van der Waals surface area contributed by atoms with E-state index < -0.39 is 11.9 Å². The molecule has 0 heterocycles. The van der Waals surface area contributed by atoms with Crippen LogP contribution >= 0.6 is 0 Å². The average molecular weight is 539 g/mol. The van der Waals surface area contributed by atoms with E-state index in [9.17, 15) is 19.2 Å². The number of fused-ring (bicyclic) bond motifs is 10. The van der Waals surface area contributed by atoms with Crippen LogP contribution in [0.1, 0.15) is 78.1 Å². The molecule has 0 radical (unpaired) electrons. The fraction of sp³-hybridized carbons (Fsp3) is 0.353. The molecular formula is C34H34O6. The number of methoxy groups -OCH3 is 2. The first-order chi connectivity index (χ1) is 19.3. The van der Waals surface area contributed by atoms with Gasteiger partial charge in [-0.1, -0.05) is 42.5 Å². The molecule has 0 atom stereocenters. The maximum atomic E-state index is 13.5. The second kappa shape index (κ2) is 12.0. The average Bonchev–Trinajstić information content (AvgIpc) is 2.93. The predicted octanol–water partition coefficient (Wildman–Crippen LogP) is 4.95. The van der Waals surface area contributed by atoms with E-state index in [1.807, 2.05) is 0 Å². The lowest BCUT2D eigenvalue weighted by Gasteiger charge is -2.20. The van der Waals surface area contributed by atoms with Crippen LogP contribution in [0.25, 0.3) is 0 Å². The molecule has 0 unspecified atom stereocenters. The van der Waals surface area contributed by atoms with Gasteiger partial charge in [0.05, 0.1) is 25.3 Å². The third kappa shape index (κ3) is 6.06. The Bertz CT molecular complexity index is 1400. The summed E-state index contributed by atoms with van der Waals surface area (Å²) < 4.78 is 9.89. The van der Waals surface area contributed by atoms with Crippen molar-refractivity contribution in [3.63, 3.8) is 0 Å². The monoisotopic (exact) mass is 538 g/mol. The van der Waals surface area contributed by atoms with Gasteiger partial charge in [0.1, 0.15) is 11.6 Å². The topological polar surface area (TPSA) is 86.7 Å². The van der Waals surface area contributed by atoms with Crippen LogP contribution in [0.15, 0.2) is 48.5 Å². The van der Waals surface area contributed by atoms with E-state index >= 15 is 0 Å². The first-order valence-electron chi connectivity index (χ1n) is 13.9. The van der Waals surface area contributed by atoms with Crippen LogP contribution < -0.4 is 0 Å². The quantitative estimate of drug-likeness (QED) is 0.430. The normalized spacial score (nSPS) is 15.6. The molecule has 0 spiro atoms. The molecule has 206 valence electrons. The molecule has 0 fully saturated rings. The van der Waals surface area contributed by atoms with Gasteiger partial charge >= 0.3 is 11.9 Å². The van der Waals surface area contributed by atoms with E-state index in [1.165, 1.54) is 31.4 Å². The van der Waals surface area contributed by atoms with Gasteiger partial charge in [-0.2, -0.15) is 0 Å². The van der Waals surface area contributed by atoms with Crippen molar-refractivity contribution in [1.82, 2.24) is 0 Å². The molecule has 0 amide bonds. The molecule has 40 heavy (non-hydrogen) atoms. The van der Waals surface area contributed by atoms with E-state index in [2.05, 4.69) is 36.4 Å². The Morgan fingerprint density at radius 3 is 1.45 bits per heavy atom. The van der Waals surface area contributed by atoms with Gasteiger partial charge in [0.15, 0.2) is 0 Å². The Hall–Kier alpha value is -4.06. The van der Waals surface area contributed by atoms with Gasteiger partial charge in [-0.15, -0.1) is 0 Å². The van der Waals surface area contributed by atoms with E-state index in [-0.39, 0.29) is 48.4 Å². The summed E-state index contributed by atoms with van der Waals surface area (Å²) in [6, 6.07) is 16.1. The molecule has 0 aliphatic heterocycles.